The van der Waals surface area contributed by atoms with E-state index in [9.17, 15) is 0 Å². The predicted octanol–water partition coefficient (Wildman–Crippen LogP) is 2.76. The first-order valence-corrected chi connectivity index (χ1v) is 8.28. The average Bonchev–Trinajstić information content (AvgIpc) is 2.81. The zero-order chi connectivity index (χ0) is 12.6. The fraction of sp³-hybridized carbons (Fsp3) is 0.692. The highest BCUT2D eigenvalue weighted by Gasteiger charge is 2.12. The van der Waals surface area contributed by atoms with Crippen molar-refractivity contribution in [1.29, 1.82) is 0 Å². The van der Waals surface area contributed by atoms with E-state index in [1.54, 1.807) is 11.3 Å². The lowest BCUT2D eigenvalue weighted by Gasteiger charge is -2.22. The Kier molecular flexibility index (Phi) is 6.65. The van der Waals surface area contributed by atoms with E-state index in [4.69, 9.17) is 4.74 Å². The van der Waals surface area contributed by atoms with Crippen LogP contribution in [0.3, 0.4) is 0 Å². The topological polar surface area (TPSA) is 33.3 Å². The molecule has 1 fully saturated rings. The summed E-state index contributed by atoms with van der Waals surface area (Å²) in [6.45, 7) is 5.09. The number of halogens is 1. The van der Waals surface area contributed by atoms with Gasteiger partial charge in [-0.25, -0.2) is 0 Å². The standard InChI is InChI=1S/C13H21BrN2OS/c14-11-8-13(18-10-11)9-16-4-1-7-17-12-2-5-15-6-3-12/h8,10,12,15-16H,1-7,9H2. The quantitative estimate of drug-likeness (QED) is 0.753. The van der Waals surface area contributed by atoms with Crippen molar-refractivity contribution in [2.24, 2.45) is 0 Å². The summed E-state index contributed by atoms with van der Waals surface area (Å²) in [5.74, 6) is 0. The second kappa shape index (κ2) is 8.27. The lowest BCUT2D eigenvalue weighted by molar-refractivity contribution is 0.0317. The number of ether oxygens (including phenoxy) is 1. The maximum absolute atomic E-state index is 5.85. The molecule has 1 aromatic rings. The summed E-state index contributed by atoms with van der Waals surface area (Å²) < 4.78 is 7.03. The summed E-state index contributed by atoms with van der Waals surface area (Å²) in [6, 6.07) is 2.17. The molecular formula is C13H21BrN2OS. The third-order valence-electron chi connectivity index (χ3n) is 3.06. The van der Waals surface area contributed by atoms with Crippen molar-refractivity contribution < 1.29 is 4.74 Å². The Balaban J connectivity index is 1.46. The molecule has 1 aliphatic heterocycles. The fourth-order valence-electron chi connectivity index (χ4n) is 2.07. The van der Waals surface area contributed by atoms with Gasteiger partial charge >= 0.3 is 0 Å². The highest BCUT2D eigenvalue weighted by atomic mass is 79.9. The van der Waals surface area contributed by atoms with Crippen LogP contribution in [0.5, 0.6) is 0 Å². The van der Waals surface area contributed by atoms with Crippen LogP contribution in [0.2, 0.25) is 0 Å². The lowest BCUT2D eigenvalue weighted by Crippen LogP contribution is -2.32. The van der Waals surface area contributed by atoms with Crippen molar-refractivity contribution in [2.75, 3.05) is 26.2 Å². The highest BCUT2D eigenvalue weighted by Crippen LogP contribution is 2.19. The molecule has 102 valence electrons. The molecule has 1 aliphatic rings. The van der Waals surface area contributed by atoms with Gasteiger partial charge in [0.2, 0.25) is 0 Å². The number of hydrogen-bond donors (Lipinski definition) is 2. The largest absolute Gasteiger partial charge is 0.378 e. The van der Waals surface area contributed by atoms with Gasteiger partial charge in [-0.05, 0) is 60.9 Å². The summed E-state index contributed by atoms with van der Waals surface area (Å²) in [5.41, 5.74) is 0. The van der Waals surface area contributed by atoms with Crippen molar-refractivity contribution in [3.63, 3.8) is 0 Å². The van der Waals surface area contributed by atoms with E-state index in [0.29, 0.717) is 6.10 Å². The van der Waals surface area contributed by atoms with E-state index in [1.165, 1.54) is 9.35 Å². The first-order chi connectivity index (χ1) is 8.84. The maximum atomic E-state index is 5.85. The maximum Gasteiger partial charge on any atom is 0.0599 e. The minimum Gasteiger partial charge on any atom is -0.378 e. The van der Waals surface area contributed by atoms with E-state index < -0.39 is 0 Å². The van der Waals surface area contributed by atoms with Crippen LogP contribution in [-0.4, -0.2) is 32.3 Å². The molecule has 2 rings (SSSR count). The summed E-state index contributed by atoms with van der Waals surface area (Å²) in [6.07, 6.45) is 3.91. The van der Waals surface area contributed by atoms with Crippen molar-refractivity contribution in [3.05, 3.63) is 20.8 Å². The molecule has 18 heavy (non-hydrogen) atoms. The highest BCUT2D eigenvalue weighted by molar-refractivity contribution is 9.10. The molecule has 2 heterocycles. The molecule has 1 saturated heterocycles. The molecule has 0 aliphatic carbocycles. The number of thiophene rings is 1. The number of hydrogen-bond acceptors (Lipinski definition) is 4. The predicted molar refractivity (Wildman–Crippen MR) is 80.2 cm³/mol. The zero-order valence-corrected chi connectivity index (χ0v) is 13.0. The van der Waals surface area contributed by atoms with Gasteiger partial charge < -0.3 is 15.4 Å². The summed E-state index contributed by atoms with van der Waals surface area (Å²) in [4.78, 5) is 1.38. The first-order valence-electron chi connectivity index (χ1n) is 6.60. The molecule has 5 heteroatoms. The molecule has 0 bridgehead atoms. The lowest BCUT2D eigenvalue weighted by atomic mass is 10.1. The van der Waals surface area contributed by atoms with Crippen LogP contribution in [0, 0.1) is 0 Å². The van der Waals surface area contributed by atoms with Gasteiger partial charge in [-0.2, -0.15) is 0 Å². The molecule has 0 radical (unpaired) electrons. The van der Waals surface area contributed by atoms with E-state index in [-0.39, 0.29) is 0 Å². The molecule has 2 N–H and O–H groups in total. The number of rotatable bonds is 7. The molecule has 0 amide bonds. The second-order valence-corrected chi connectivity index (χ2v) is 6.49. The molecular weight excluding hydrogens is 312 g/mol. The molecule has 0 aromatic carbocycles. The van der Waals surface area contributed by atoms with Gasteiger partial charge in [-0.1, -0.05) is 0 Å². The summed E-state index contributed by atoms with van der Waals surface area (Å²) >= 11 is 5.26. The van der Waals surface area contributed by atoms with Crippen LogP contribution >= 0.6 is 27.3 Å². The monoisotopic (exact) mass is 332 g/mol. The van der Waals surface area contributed by atoms with Crippen molar-refractivity contribution in [1.82, 2.24) is 10.6 Å². The van der Waals surface area contributed by atoms with Crippen molar-refractivity contribution >= 4 is 27.3 Å². The van der Waals surface area contributed by atoms with Crippen LogP contribution in [0.1, 0.15) is 24.1 Å². The van der Waals surface area contributed by atoms with Crippen LogP contribution in [-0.2, 0) is 11.3 Å². The Hall–Kier alpha value is 0.0600. The van der Waals surface area contributed by atoms with Crippen LogP contribution in [0.4, 0.5) is 0 Å². The third kappa shape index (κ3) is 5.36. The van der Waals surface area contributed by atoms with E-state index in [2.05, 4.69) is 38.0 Å². The SMILES string of the molecule is Brc1csc(CNCCCOC2CCNCC2)c1. The molecule has 0 atom stereocenters. The Morgan fingerprint density at radius 2 is 2.28 bits per heavy atom. The molecule has 0 saturated carbocycles. The minimum atomic E-state index is 0.486. The number of nitrogens with one attached hydrogen (secondary N) is 2. The van der Waals surface area contributed by atoms with E-state index in [1.807, 2.05) is 0 Å². The smallest absolute Gasteiger partial charge is 0.0599 e. The van der Waals surface area contributed by atoms with Gasteiger partial charge in [-0.3, -0.25) is 0 Å². The normalized spacial score (nSPS) is 17.2. The Morgan fingerprint density at radius 1 is 1.44 bits per heavy atom. The number of piperidine rings is 1. The molecule has 0 unspecified atom stereocenters. The van der Waals surface area contributed by atoms with Gasteiger partial charge in [0.25, 0.3) is 0 Å². The fourth-order valence-corrected chi connectivity index (χ4v) is 3.49. The van der Waals surface area contributed by atoms with E-state index >= 15 is 0 Å². The molecule has 3 nitrogen and oxygen atoms in total. The minimum absolute atomic E-state index is 0.486. The van der Waals surface area contributed by atoms with Crippen LogP contribution < -0.4 is 10.6 Å². The van der Waals surface area contributed by atoms with Crippen LogP contribution in [0.25, 0.3) is 0 Å². The van der Waals surface area contributed by atoms with Gasteiger partial charge in [0.15, 0.2) is 0 Å². The van der Waals surface area contributed by atoms with Crippen molar-refractivity contribution in [3.8, 4) is 0 Å². The van der Waals surface area contributed by atoms with Crippen molar-refractivity contribution in [2.45, 2.75) is 31.9 Å². The summed E-state index contributed by atoms with van der Waals surface area (Å²) in [7, 11) is 0. The first kappa shape index (κ1) is 14.5. The second-order valence-electron chi connectivity index (χ2n) is 4.58. The van der Waals surface area contributed by atoms with Gasteiger partial charge in [0.05, 0.1) is 6.10 Å². The molecule has 1 aromatic heterocycles. The average molecular weight is 333 g/mol. The van der Waals surface area contributed by atoms with Gasteiger partial charge in [-0.15, -0.1) is 11.3 Å². The third-order valence-corrected chi connectivity index (χ3v) is 4.76. The van der Waals surface area contributed by atoms with E-state index in [0.717, 1.165) is 52.0 Å². The Morgan fingerprint density at radius 3 is 3.00 bits per heavy atom. The Bertz CT molecular complexity index is 339. The van der Waals surface area contributed by atoms with Gasteiger partial charge in [0, 0.05) is 27.9 Å². The summed E-state index contributed by atoms with van der Waals surface area (Å²) in [5, 5.41) is 8.92. The van der Waals surface area contributed by atoms with Crippen LogP contribution in [0.15, 0.2) is 15.9 Å². The zero-order valence-electron chi connectivity index (χ0n) is 10.6. The van der Waals surface area contributed by atoms with Gasteiger partial charge in [0.1, 0.15) is 0 Å². The Labute approximate surface area is 121 Å². The molecule has 0 spiro atoms.